The van der Waals surface area contributed by atoms with Gasteiger partial charge < -0.3 is 0 Å². The zero-order chi connectivity index (χ0) is 10.4. The third-order valence-corrected chi connectivity index (χ3v) is 1.80. The Morgan fingerprint density at radius 3 is 2.43 bits per heavy atom. The zero-order valence-electron chi connectivity index (χ0n) is 8.67. The van der Waals surface area contributed by atoms with Gasteiger partial charge in [0.1, 0.15) is 0 Å². The lowest BCUT2D eigenvalue weighted by atomic mass is 10.1. The molecule has 0 heterocycles. The Morgan fingerprint density at radius 2 is 1.86 bits per heavy atom. The fourth-order valence-corrected chi connectivity index (χ4v) is 1.05. The third kappa shape index (κ3) is 3.33. The summed E-state index contributed by atoms with van der Waals surface area (Å²) in [6.45, 7) is 7.68. The first kappa shape index (κ1) is 10.3. The van der Waals surface area contributed by atoms with E-state index in [9.17, 15) is 0 Å². The van der Waals surface area contributed by atoms with Crippen LogP contribution in [0.3, 0.4) is 0 Å². The lowest BCUT2D eigenvalue weighted by Crippen LogP contribution is -1.76. The van der Waals surface area contributed by atoms with Crippen LogP contribution in [0, 0.1) is 11.8 Å². The minimum absolute atomic E-state index is 0.891. The molecule has 0 aromatic heterocycles. The van der Waals surface area contributed by atoms with Crippen LogP contribution >= 0.6 is 0 Å². The van der Waals surface area contributed by atoms with Gasteiger partial charge in [0.2, 0.25) is 0 Å². The number of allylic oxidation sites excluding steroid dienone is 3. The van der Waals surface area contributed by atoms with Crippen LogP contribution in [0.15, 0.2) is 48.6 Å². The molecule has 0 nitrogen and oxygen atoms in total. The predicted molar refractivity (Wildman–Crippen MR) is 62.7 cm³/mol. The van der Waals surface area contributed by atoms with Crippen molar-refractivity contribution in [2.45, 2.75) is 13.8 Å². The fourth-order valence-electron chi connectivity index (χ4n) is 1.05. The van der Waals surface area contributed by atoms with E-state index >= 15 is 0 Å². The molecule has 0 spiro atoms. The lowest BCUT2D eigenvalue weighted by Gasteiger charge is -1.97. The van der Waals surface area contributed by atoms with Gasteiger partial charge in [0.25, 0.3) is 0 Å². The largest absolute Gasteiger partial charge is 0.0877 e. The van der Waals surface area contributed by atoms with Crippen LogP contribution in [0.25, 0.3) is 5.57 Å². The maximum Gasteiger partial charge on any atom is -0.00790 e. The summed E-state index contributed by atoms with van der Waals surface area (Å²) < 4.78 is 0. The normalized spacial score (nSPS) is 10.3. The average molecular weight is 182 g/mol. The van der Waals surface area contributed by atoms with Crippen LogP contribution in [0.5, 0.6) is 0 Å². The van der Waals surface area contributed by atoms with Crippen LogP contribution in [-0.2, 0) is 0 Å². The average Bonchev–Trinajstić information content (AvgIpc) is 2.18. The zero-order valence-corrected chi connectivity index (χ0v) is 8.67. The molecule has 1 aromatic carbocycles. The molecule has 0 fully saturated rings. The Bertz CT molecular complexity index is 397. The molecule has 0 radical (unpaired) electrons. The van der Waals surface area contributed by atoms with Gasteiger partial charge >= 0.3 is 0 Å². The van der Waals surface area contributed by atoms with Crippen LogP contribution in [0.2, 0.25) is 0 Å². The Hall–Kier alpha value is -1.74. The van der Waals surface area contributed by atoms with Crippen molar-refractivity contribution in [3.63, 3.8) is 0 Å². The van der Waals surface area contributed by atoms with E-state index in [0.717, 1.165) is 5.57 Å². The Balaban J connectivity index is 2.82. The second kappa shape index (κ2) is 5.09. The first-order valence-electron chi connectivity index (χ1n) is 4.59. The second-order valence-corrected chi connectivity index (χ2v) is 3.24. The summed E-state index contributed by atoms with van der Waals surface area (Å²) in [6, 6.07) is 10.2. The van der Waals surface area contributed by atoms with Gasteiger partial charge in [-0.3, -0.25) is 0 Å². The summed E-state index contributed by atoms with van der Waals surface area (Å²) in [7, 11) is 0. The molecule has 0 N–H and O–H groups in total. The standard InChI is InChI=1S/C14H14/c1-12(2)8-7-9-13(3)14-10-5-4-6-11-14/h4-6,9-11H,1H2,2-3H3/b13-9+. The third-order valence-electron chi connectivity index (χ3n) is 1.80. The van der Waals surface area contributed by atoms with Crippen LogP contribution in [-0.4, -0.2) is 0 Å². The van der Waals surface area contributed by atoms with E-state index in [1.165, 1.54) is 11.1 Å². The smallest absolute Gasteiger partial charge is 0.00790 e. The molecular weight excluding hydrogens is 168 g/mol. The molecule has 70 valence electrons. The van der Waals surface area contributed by atoms with E-state index in [-0.39, 0.29) is 0 Å². The van der Waals surface area contributed by atoms with Gasteiger partial charge in [-0.2, -0.15) is 0 Å². The molecule has 0 unspecified atom stereocenters. The first-order chi connectivity index (χ1) is 6.70. The Morgan fingerprint density at radius 1 is 1.21 bits per heavy atom. The van der Waals surface area contributed by atoms with Gasteiger partial charge in [-0.25, -0.2) is 0 Å². The monoisotopic (exact) mass is 182 g/mol. The molecule has 0 heteroatoms. The van der Waals surface area contributed by atoms with Crippen LogP contribution < -0.4 is 0 Å². The van der Waals surface area contributed by atoms with Crippen LogP contribution in [0.4, 0.5) is 0 Å². The highest BCUT2D eigenvalue weighted by molar-refractivity contribution is 5.66. The molecule has 0 saturated heterocycles. The molecule has 1 rings (SSSR count). The van der Waals surface area contributed by atoms with E-state index < -0.39 is 0 Å². The molecule has 0 saturated carbocycles. The van der Waals surface area contributed by atoms with E-state index in [0.29, 0.717) is 0 Å². The molecule has 1 aromatic rings. The van der Waals surface area contributed by atoms with E-state index in [2.05, 4.69) is 37.5 Å². The second-order valence-electron chi connectivity index (χ2n) is 3.24. The van der Waals surface area contributed by atoms with Gasteiger partial charge in [-0.1, -0.05) is 48.8 Å². The predicted octanol–water partition coefficient (Wildman–Crippen LogP) is 3.67. The van der Waals surface area contributed by atoms with Gasteiger partial charge in [-0.15, -0.1) is 0 Å². The molecule has 0 bridgehead atoms. The van der Waals surface area contributed by atoms with Crippen molar-refractivity contribution in [2.75, 3.05) is 0 Å². The van der Waals surface area contributed by atoms with Crippen molar-refractivity contribution in [3.05, 3.63) is 54.1 Å². The first-order valence-corrected chi connectivity index (χ1v) is 4.59. The highest BCUT2D eigenvalue weighted by Crippen LogP contribution is 2.11. The highest BCUT2D eigenvalue weighted by atomic mass is 13.9. The van der Waals surface area contributed by atoms with Gasteiger partial charge in [0, 0.05) is 0 Å². The molecular formula is C14H14. The highest BCUT2D eigenvalue weighted by Gasteiger charge is 1.90. The topological polar surface area (TPSA) is 0 Å². The molecule has 14 heavy (non-hydrogen) atoms. The van der Waals surface area contributed by atoms with Crippen molar-refractivity contribution in [1.82, 2.24) is 0 Å². The van der Waals surface area contributed by atoms with Crippen molar-refractivity contribution < 1.29 is 0 Å². The minimum Gasteiger partial charge on any atom is -0.0877 e. The maximum absolute atomic E-state index is 3.72. The van der Waals surface area contributed by atoms with Gasteiger partial charge in [0.05, 0.1) is 0 Å². The number of rotatable bonds is 1. The summed E-state index contributed by atoms with van der Waals surface area (Å²) >= 11 is 0. The Kier molecular flexibility index (Phi) is 3.76. The van der Waals surface area contributed by atoms with Crippen molar-refractivity contribution >= 4 is 5.57 Å². The number of hydrogen-bond donors (Lipinski definition) is 0. The van der Waals surface area contributed by atoms with E-state index in [4.69, 9.17) is 0 Å². The van der Waals surface area contributed by atoms with E-state index in [1.54, 1.807) is 0 Å². The van der Waals surface area contributed by atoms with Crippen molar-refractivity contribution in [2.24, 2.45) is 0 Å². The maximum atomic E-state index is 3.72. The number of benzene rings is 1. The van der Waals surface area contributed by atoms with Gasteiger partial charge in [-0.05, 0) is 36.6 Å². The SMILES string of the molecule is C=C(C)C#C/C=C(\C)c1ccccc1. The molecule has 0 amide bonds. The lowest BCUT2D eigenvalue weighted by molar-refractivity contribution is 1.57. The minimum atomic E-state index is 0.891. The molecule has 0 atom stereocenters. The van der Waals surface area contributed by atoms with Gasteiger partial charge in [0.15, 0.2) is 0 Å². The summed E-state index contributed by atoms with van der Waals surface area (Å²) in [5.74, 6) is 5.90. The summed E-state index contributed by atoms with van der Waals surface area (Å²) in [4.78, 5) is 0. The molecule has 0 aliphatic carbocycles. The number of hydrogen-bond acceptors (Lipinski definition) is 0. The fraction of sp³-hybridized carbons (Fsp3) is 0.143. The van der Waals surface area contributed by atoms with Crippen molar-refractivity contribution in [3.8, 4) is 11.8 Å². The Labute approximate surface area is 86.0 Å². The molecule has 0 aliphatic rings. The van der Waals surface area contributed by atoms with E-state index in [1.807, 2.05) is 31.2 Å². The quantitative estimate of drug-likeness (QED) is 0.581. The summed E-state index contributed by atoms with van der Waals surface area (Å²) in [5.41, 5.74) is 3.28. The van der Waals surface area contributed by atoms with Crippen LogP contribution in [0.1, 0.15) is 19.4 Å². The summed E-state index contributed by atoms with van der Waals surface area (Å²) in [5, 5.41) is 0. The molecule has 0 aliphatic heterocycles. The van der Waals surface area contributed by atoms with Crippen molar-refractivity contribution in [1.29, 1.82) is 0 Å². The summed E-state index contributed by atoms with van der Waals surface area (Å²) in [6.07, 6.45) is 1.92.